The molecule has 3 nitrogen and oxygen atoms in total. The molecule has 2 rings (SSSR count). The summed E-state index contributed by atoms with van der Waals surface area (Å²) < 4.78 is 5.02. The Hall–Kier alpha value is -1.09. The number of allylic oxidation sites excluding steroid dienone is 2. The van der Waals surface area contributed by atoms with E-state index < -0.39 is 0 Å². The summed E-state index contributed by atoms with van der Waals surface area (Å²) in [6.07, 6.45) is 4.42. The monoisotopic (exact) mass is 250 g/mol. The van der Waals surface area contributed by atoms with Gasteiger partial charge in [0.25, 0.3) is 0 Å². The predicted octanol–water partition coefficient (Wildman–Crippen LogP) is 2.46. The van der Waals surface area contributed by atoms with Gasteiger partial charge in [-0.25, -0.2) is 0 Å². The minimum Gasteiger partial charge on any atom is -0.465 e. The lowest BCUT2D eigenvalue weighted by molar-refractivity contribution is -0.137. The molecule has 0 aromatic carbocycles. The number of aliphatic hydroxyl groups is 1. The van der Waals surface area contributed by atoms with Gasteiger partial charge in [0.05, 0.1) is 19.6 Å². The summed E-state index contributed by atoms with van der Waals surface area (Å²) in [7, 11) is 0. The first-order valence-electron chi connectivity index (χ1n) is 6.57. The van der Waals surface area contributed by atoms with Gasteiger partial charge in [-0.05, 0) is 29.7 Å². The number of cyclic esters (lactones) is 1. The lowest BCUT2D eigenvalue weighted by atomic mass is 9.88. The Bertz CT molecular complexity index is 393. The van der Waals surface area contributed by atoms with Gasteiger partial charge in [-0.15, -0.1) is 6.58 Å². The smallest absolute Gasteiger partial charge is 0.306 e. The maximum atomic E-state index is 11.2. The molecule has 1 saturated carbocycles. The van der Waals surface area contributed by atoms with Crippen LogP contribution in [0.25, 0.3) is 0 Å². The van der Waals surface area contributed by atoms with E-state index >= 15 is 0 Å². The Morgan fingerprint density at radius 3 is 2.83 bits per heavy atom. The highest BCUT2D eigenvalue weighted by Crippen LogP contribution is 2.47. The van der Waals surface area contributed by atoms with E-state index in [1.54, 1.807) is 0 Å². The van der Waals surface area contributed by atoms with Gasteiger partial charge in [-0.1, -0.05) is 25.5 Å². The van der Waals surface area contributed by atoms with Crippen LogP contribution in [0.1, 0.15) is 33.1 Å². The second-order valence-corrected chi connectivity index (χ2v) is 6.18. The third-order valence-corrected chi connectivity index (χ3v) is 4.11. The molecule has 2 unspecified atom stereocenters. The molecule has 0 aromatic rings. The van der Waals surface area contributed by atoms with Crippen LogP contribution >= 0.6 is 0 Å². The van der Waals surface area contributed by atoms with Gasteiger partial charge < -0.3 is 9.84 Å². The first kappa shape index (κ1) is 13.3. The van der Waals surface area contributed by atoms with Crippen molar-refractivity contribution in [1.82, 2.24) is 0 Å². The van der Waals surface area contributed by atoms with Gasteiger partial charge in [0.2, 0.25) is 0 Å². The minimum absolute atomic E-state index is 0.0249. The van der Waals surface area contributed by atoms with Crippen molar-refractivity contribution in [3.05, 3.63) is 23.8 Å². The van der Waals surface area contributed by atoms with Crippen LogP contribution < -0.4 is 0 Å². The molecule has 0 amide bonds. The highest BCUT2D eigenvalue weighted by Gasteiger charge is 2.37. The quantitative estimate of drug-likeness (QED) is 0.618. The molecular weight excluding hydrogens is 228 g/mol. The van der Waals surface area contributed by atoms with Crippen LogP contribution in [0.3, 0.4) is 0 Å². The Balaban J connectivity index is 2.30. The Morgan fingerprint density at radius 1 is 1.61 bits per heavy atom. The molecule has 2 aliphatic rings. The summed E-state index contributed by atoms with van der Waals surface area (Å²) in [5.41, 5.74) is 2.54. The molecule has 18 heavy (non-hydrogen) atoms. The molecular formula is C15H22O3. The maximum absolute atomic E-state index is 11.2. The van der Waals surface area contributed by atoms with E-state index in [1.807, 2.05) is 6.08 Å². The van der Waals surface area contributed by atoms with Crippen molar-refractivity contribution in [3.63, 3.8) is 0 Å². The van der Waals surface area contributed by atoms with Crippen molar-refractivity contribution < 1.29 is 14.6 Å². The van der Waals surface area contributed by atoms with Crippen molar-refractivity contribution in [2.75, 3.05) is 13.2 Å². The van der Waals surface area contributed by atoms with Crippen molar-refractivity contribution in [2.45, 2.75) is 33.1 Å². The molecule has 1 aliphatic carbocycles. The van der Waals surface area contributed by atoms with Gasteiger partial charge in [0.1, 0.15) is 0 Å². The number of rotatable bonds is 3. The van der Waals surface area contributed by atoms with Crippen LogP contribution in [-0.2, 0) is 9.53 Å². The number of hydrogen-bond donors (Lipinski definition) is 1. The number of esters is 1. The topological polar surface area (TPSA) is 46.5 Å². The minimum atomic E-state index is -0.154. The van der Waals surface area contributed by atoms with E-state index in [9.17, 15) is 9.90 Å². The molecule has 0 aromatic heterocycles. The van der Waals surface area contributed by atoms with Crippen LogP contribution in [0.5, 0.6) is 0 Å². The third-order valence-electron chi connectivity index (χ3n) is 4.11. The molecule has 0 bridgehead atoms. The Kier molecular flexibility index (Phi) is 3.62. The molecule has 1 N–H and O–H groups in total. The molecule has 3 heteroatoms. The average Bonchev–Trinajstić information content (AvgIpc) is 2.84. The Morgan fingerprint density at radius 2 is 2.33 bits per heavy atom. The van der Waals surface area contributed by atoms with Crippen LogP contribution in [0.4, 0.5) is 0 Å². The number of carbonyl (C=O) groups is 1. The summed E-state index contributed by atoms with van der Waals surface area (Å²) >= 11 is 0. The van der Waals surface area contributed by atoms with Gasteiger partial charge in [0, 0.05) is 5.92 Å². The van der Waals surface area contributed by atoms with Crippen LogP contribution in [0.2, 0.25) is 0 Å². The molecule has 1 saturated heterocycles. The van der Waals surface area contributed by atoms with Crippen molar-refractivity contribution in [2.24, 2.45) is 17.3 Å². The fraction of sp³-hybridized carbons (Fsp3) is 0.667. The molecule has 2 fully saturated rings. The fourth-order valence-corrected chi connectivity index (χ4v) is 3.24. The summed E-state index contributed by atoms with van der Waals surface area (Å²) in [5, 5.41) is 9.66. The summed E-state index contributed by atoms with van der Waals surface area (Å²) in [5.74, 6) is 0.241. The summed E-state index contributed by atoms with van der Waals surface area (Å²) in [4.78, 5) is 11.2. The molecule has 2 atom stereocenters. The normalized spacial score (nSPS) is 33.4. The average molecular weight is 250 g/mol. The largest absolute Gasteiger partial charge is 0.465 e. The molecule has 0 radical (unpaired) electrons. The first-order valence-corrected chi connectivity index (χ1v) is 6.57. The highest BCUT2D eigenvalue weighted by atomic mass is 16.5. The predicted molar refractivity (Wildman–Crippen MR) is 69.9 cm³/mol. The van der Waals surface area contributed by atoms with Gasteiger partial charge in [0.15, 0.2) is 0 Å². The van der Waals surface area contributed by atoms with E-state index in [2.05, 4.69) is 20.4 Å². The fourth-order valence-electron chi connectivity index (χ4n) is 3.24. The zero-order chi connectivity index (χ0) is 13.3. The van der Waals surface area contributed by atoms with Crippen LogP contribution in [-0.4, -0.2) is 24.3 Å². The number of hydrogen-bond acceptors (Lipinski definition) is 3. The molecule has 1 aliphatic heterocycles. The number of carbonyl (C=O) groups excluding carboxylic acids is 1. The number of aliphatic hydroxyl groups excluding tert-OH is 1. The van der Waals surface area contributed by atoms with E-state index in [-0.39, 0.29) is 23.9 Å². The summed E-state index contributed by atoms with van der Waals surface area (Å²) in [6, 6.07) is 0. The molecule has 0 spiro atoms. The van der Waals surface area contributed by atoms with Gasteiger partial charge in [-0.3, -0.25) is 4.79 Å². The van der Waals surface area contributed by atoms with Crippen molar-refractivity contribution >= 4 is 5.97 Å². The highest BCUT2D eigenvalue weighted by molar-refractivity contribution is 5.72. The first-order chi connectivity index (χ1) is 8.46. The standard InChI is InChI=1S/C15H22O3/c1-4-10-6-15(2,3)7-12(10)13(8-16)11-5-14(17)18-9-11/h4,10-11,16H,1,5-9H2,2-3H3. The van der Waals surface area contributed by atoms with Crippen molar-refractivity contribution in [1.29, 1.82) is 0 Å². The van der Waals surface area contributed by atoms with E-state index in [0.29, 0.717) is 18.9 Å². The molecule has 1 heterocycles. The molecule has 100 valence electrons. The lowest BCUT2D eigenvalue weighted by Gasteiger charge is -2.17. The SMILES string of the molecule is C=CC1CC(C)(C)CC1=C(CO)C1COC(=O)C1. The lowest BCUT2D eigenvalue weighted by Crippen LogP contribution is -2.12. The van der Waals surface area contributed by atoms with E-state index in [4.69, 9.17) is 4.74 Å². The zero-order valence-corrected chi connectivity index (χ0v) is 11.2. The van der Waals surface area contributed by atoms with Crippen molar-refractivity contribution in [3.8, 4) is 0 Å². The van der Waals surface area contributed by atoms with Gasteiger partial charge in [-0.2, -0.15) is 0 Å². The van der Waals surface area contributed by atoms with E-state index in [1.165, 1.54) is 5.57 Å². The van der Waals surface area contributed by atoms with E-state index in [0.717, 1.165) is 18.4 Å². The summed E-state index contributed by atoms with van der Waals surface area (Å²) in [6.45, 7) is 8.82. The zero-order valence-electron chi connectivity index (χ0n) is 11.2. The Labute approximate surface area is 109 Å². The third kappa shape index (κ3) is 2.51. The maximum Gasteiger partial charge on any atom is 0.306 e. The van der Waals surface area contributed by atoms with Crippen LogP contribution in [0.15, 0.2) is 23.8 Å². The number of ether oxygens (including phenoxy) is 1. The van der Waals surface area contributed by atoms with Crippen LogP contribution in [0, 0.1) is 17.3 Å². The second-order valence-electron chi connectivity index (χ2n) is 6.18. The van der Waals surface area contributed by atoms with Gasteiger partial charge >= 0.3 is 5.97 Å². The second kappa shape index (κ2) is 4.88.